The zero-order valence-corrected chi connectivity index (χ0v) is 17.0. The molecule has 1 fully saturated rings. The Morgan fingerprint density at radius 1 is 1.32 bits per heavy atom. The molecule has 2 heterocycles. The number of benzene rings is 1. The maximum Gasteiger partial charge on any atom is 0.251 e. The summed E-state index contributed by atoms with van der Waals surface area (Å²) in [5.41, 5.74) is 3.40. The van der Waals surface area contributed by atoms with Gasteiger partial charge in [0.05, 0.1) is 12.2 Å². The third-order valence-electron chi connectivity index (χ3n) is 5.30. The number of aromatic nitrogens is 1. The van der Waals surface area contributed by atoms with Crippen LogP contribution in [0.5, 0.6) is 0 Å². The van der Waals surface area contributed by atoms with E-state index in [-0.39, 0.29) is 17.9 Å². The van der Waals surface area contributed by atoms with Crippen molar-refractivity contribution < 1.29 is 14.1 Å². The maximum atomic E-state index is 12.7. The second-order valence-corrected chi connectivity index (χ2v) is 7.56. The van der Waals surface area contributed by atoms with Gasteiger partial charge in [-0.2, -0.15) is 0 Å². The van der Waals surface area contributed by atoms with E-state index in [1.54, 1.807) is 0 Å². The lowest BCUT2D eigenvalue weighted by molar-refractivity contribution is -0.131. The van der Waals surface area contributed by atoms with Gasteiger partial charge in [-0.25, -0.2) is 0 Å². The van der Waals surface area contributed by atoms with Crippen molar-refractivity contribution in [2.24, 2.45) is 0 Å². The highest BCUT2D eigenvalue weighted by atomic mass is 16.5. The van der Waals surface area contributed by atoms with E-state index < -0.39 is 0 Å². The molecule has 1 aromatic carbocycles. The Labute approximate surface area is 165 Å². The Morgan fingerprint density at radius 2 is 2.11 bits per heavy atom. The first-order valence-corrected chi connectivity index (χ1v) is 9.63. The van der Waals surface area contributed by atoms with Gasteiger partial charge in [0.25, 0.3) is 5.91 Å². The molecule has 0 spiro atoms. The minimum atomic E-state index is -0.0969. The number of nitrogens with zero attached hydrogens (tertiary/aromatic N) is 3. The number of rotatable bonds is 5. The predicted molar refractivity (Wildman–Crippen MR) is 107 cm³/mol. The quantitative estimate of drug-likeness (QED) is 0.857. The highest BCUT2D eigenvalue weighted by Gasteiger charge is 2.25. The fourth-order valence-electron chi connectivity index (χ4n) is 3.46. The van der Waals surface area contributed by atoms with Crippen LogP contribution in [0.2, 0.25) is 0 Å². The van der Waals surface area contributed by atoms with E-state index in [4.69, 9.17) is 4.52 Å². The van der Waals surface area contributed by atoms with Crippen LogP contribution < -0.4 is 10.2 Å². The van der Waals surface area contributed by atoms with Gasteiger partial charge in [0.2, 0.25) is 5.91 Å². The van der Waals surface area contributed by atoms with E-state index in [1.165, 1.54) is 0 Å². The first kappa shape index (κ1) is 19.9. The molecule has 28 heavy (non-hydrogen) atoms. The SMILES string of the molecule is Cc1noc(C)c1CN1CCC(NC(=O)c2cccc(N(C)C)c2)CCC1=O. The molecule has 2 amide bonds. The normalized spacial score (nSPS) is 17.4. The Balaban J connectivity index is 1.62. The van der Waals surface area contributed by atoms with Gasteiger partial charge in [-0.15, -0.1) is 0 Å². The zero-order valence-electron chi connectivity index (χ0n) is 17.0. The van der Waals surface area contributed by atoms with Crippen molar-refractivity contribution in [3.63, 3.8) is 0 Å². The molecule has 1 aromatic heterocycles. The number of hydrogen-bond donors (Lipinski definition) is 1. The largest absolute Gasteiger partial charge is 0.378 e. The fraction of sp³-hybridized carbons (Fsp3) is 0.476. The topological polar surface area (TPSA) is 78.7 Å². The van der Waals surface area contributed by atoms with E-state index in [0.29, 0.717) is 31.5 Å². The van der Waals surface area contributed by atoms with Crippen molar-refractivity contribution in [1.82, 2.24) is 15.4 Å². The highest BCUT2D eigenvalue weighted by molar-refractivity contribution is 5.95. The molecule has 3 rings (SSSR count). The van der Waals surface area contributed by atoms with Crippen molar-refractivity contribution in [2.75, 3.05) is 25.5 Å². The summed E-state index contributed by atoms with van der Waals surface area (Å²) in [6.45, 7) is 4.86. The molecule has 150 valence electrons. The molecule has 0 bridgehead atoms. The zero-order chi connectivity index (χ0) is 20.3. The van der Waals surface area contributed by atoms with E-state index in [2.05, 4.69) is 10.5 Å². The maximum absolute atomic E-state index is 12.7. The monoisotopic (exact) mass is 384 g/mol. The van der Waals surface area contributed by atoms with E-state index in [1.807, 2.05) is 62.0 Å². The van der Waals surface area contributed by atoms with Crippen LogP contribution in [0.1, 0.15) is 46.6 Å². The second kappa shape index (κ2) is 8.46. The molecule has 7 nitrogen and oxygen atoms in total. The van der Waals surface area contributed by atoms with Crippen molar-refractivity contribution >= 4 is 17.5 Å². The Kier molecular flexibility index (Phi) is 6.02. The van der Waals surface area contributed by atoms with Gasteiger partial charge in [0, 0.05) is 49.9 Å². The van der Waals surface area contributed by atoms with E-state index >= 15 is 0 Å². The second-order valence-electron chi connectivity index (χ2n) is 7.56. The third-order valence-corrected chi connectivity index (χ3v) is 5.30. The third kappa shape index (κ3) is 4.52. The van der Waals surface area contributed by atoms with Crippen LogP contribution in [0.4, 0.5) is 5.69 Å². The molecule has 1 N–H and O–H groups in total. The lowest BCUT2D eigenvalue weighted by Crippen LogP contribution is -2.36. The first-order valence-electron chi connectivity index (χ1n) is 9.63. The summed E-state index contributed by atoms with van der Waals surface area (Å²) in [6.07, 6.45) is 1.80. The molecule has 0 aliphatic carbocycles. The summed E-state index contributed by atoms with van der Waals surface area (Å²) in [7, 11) is 3.89. The minimum Gasteiger partial charge on any atom is -0.378 e. The summed E-state index contributed by atoms with van der Waals surface area (Å²) in [6, 6.07) is 7.52. The molecule has 1 unspecified atom stereocenters. The van der Waals surface area contributed by atoms with Crippen molar-refractivity contribution in [1.29, 1.82) is 0 Å². The standard InChI is InChI=1S/C21H28N4O3/c1-14-19(15(2)28-23-14)13-25-11-10-17(8-9-20(25)26)22-21(27)16-6-5-7-18(12-16)24(3)4/h5-7,12,17H,8-11,13H2,1-4H3,(H,22,27). The Bertz CT molecular complexity index is 840. The number of carbonyl (C=O) groups excluding carboxylic acids is 2. The molecule has 2 aromatic rings. The molecule has 0 radical (unpaired) electrons. The molecular formula is C21H28N4O3. The number of aryl methyl sites for hydroxylation is 2. The number of hydrogen-bond acceptors (Lipinski definition) is 5. The number of amides is 2. The lowest BCUT2D eigenvalue weighted by atomic mass is 10.1. The lowest BCUT2D eigenvalue weighted by Gasteiger charge is -2.21. The number of anilines is 1. The van der Waals surface area contributed by atoms with Crippen molar-refractivity contribution in [2.45, 2.75) is 45.7 Å². The van der Waals surface area contributed by atoms with Crippen LogP contribution in [0.3, 0.4) is 0 Å². The van der Waals surface area contributed by atoms with Crippen LogP contribution in [0, 0.1) is 13.8 Å². The minimum absolute atomic E-state index is 0.0193. The van der Waals surface area contributed by atoms with Gasteiger partial charge in [0.15, 0.2) is 0 Å². The number of nitrogens with one attached hydrogen (secondary N) is 1. The molecule has 7 heteroatoms. The van der Waals surface area contributed by atoms with Gasteiger partial charge in [-0.3, -0.25) is 9.59 Å². The van der Waals surface area contributed by atoms with Crippen LogP contribution in [-0.4, -0.2) is 48.6 Å². The predicted octanol–water partition coefficient (Wildman–Crippen LogP) is 2.67. The van der Waals surface area contributed by atoms with Gasteiger partial charge < -0.3 is 19.6 Å². The number of carbonyl (C=O) groups is 2. The molecule has 1 saturated heterocycles. The van der Waals surface area contributed by atoms with Gasteiger partial charge >= 0.3 is 0 Å². The van der Waals surface area contributed by atoms with Gasteiger partial charge in [-0.05, 0) is 44.9 Å². The summed E-state index contributed by atoms with van der Waals surface area (Å²) in [4.78, 5) is 29.0. The van der Waals surface area contributed by atoms with Gasteiger partial charge in [0.1, 0.15) is 5.76 Å². The van der Waals surface area contributed by atoms with Crippen LogP contribution in [0.25, 0.3) is 0 Å². The summed E-state index contributed by atoms with van der Waals surface area (Å²) < 4.78 is 5.20. The Morgan fingerprint density at radius 3 is 2.79 bits per heavy atom. The van der Waals surface area contributed by atoms with Crippen molar-refractivity contribution in [3.05, 3.63) is 46.8 Å². The molecule has 0 saturated carbocycles. The Hall–Kier alpha value is -2.83. The van der Waals surface area contributed by atoms with E-state index in [0.717, 1.165) is 29.1 Å². The summed E-state index contributed by atoms with van der Waals surface area (Å²) in [5.74, 6) is 0.756. The van der Waals surface area contributed by atoms with Crippen LogP contribution >= 0.6 is 0 Å². The van der Waals surface area contributed by atoms with Crippen LogP contribution in [-0.2, 0) is 11.3 Å². The molecular weight excluding hydrogens is 356 g/mol. The molecule has 1 atom stereocenters. The molecule has 1 aliphatic heterocycles. The summed E-state index contributed by atoms with van der Waals surface area (Å²) >= 11 is 0. The average molecular weight is 384 g/mol. The van der Waals surface area contributed by atoms with Crippen molar-refractivity contribution in [3.8, 4) is 0 Å². The van der Waals surface area contributed by atoms with Crippen LogP contribution in [0.15, 0.2) is 28.8 Å². The highest BCUT2D eigenvalue weighted by Crippen LogP contribution is 2.20. The summed E-state index contributed by atoms with van der Waals surface area (Å²) in [5, 5.41) is 7.06. The fourth-order valence-corrected chi connectivity index (χ4v) is 3.46. The first-order chi connectivity index (χ1) is 13.3. The van der Waals surface area contributed by atoms with E-state index in [9.17, 15) is 9.59 Å². The average Bonchev–Trinajstić information content (AvgIpc) is 2.89. The number of likely N-dealkylation sites (tertiary alicyclic amines) is 1. The smallest absolute Gasteiger partial charge is 0.251 e. The molecule has 1 aliphatic rings. The van der Waals surface area contributed by atoms with Gasteiger partial charge in [-0.1, -0.05) is 11.2 Å².